The van der Waals surface area contributed by atoms with E-state index in [-0.39, 0.29) is 11.4 Å². The molecule has 1 aromatic carbocycles. The number of carbonyl (C=O) groups is 3. The van der Waals surface area contributed by atoms with Gasteiger partial charge in [0.25, 0.3) is 11.5 Å². The Morgan fingerprint density at radius 1 is 1.00 bits per heavy atom. The second kappa shape index (κ2) is 5.81. The van der Waals surface area contributed by atoms with Crippen LogP contribution in [0.4, 0.5) is 9.59 Å². The van der Waals surface area contributed by atoms with Gasteiger partial charge in [0, 0.05) is 19.8 Å². The molecule has 1 aromatic heterocycles. The normalized spacial score (nSPS) is 21.8. The third-order valence-electron chi connectivity index (χ3n) is 4.88. The van der Waals surface area contributed by atoms with Crippen LogP contribution in [0.15, 0.2) is 40.2 Å². The van der Waals surface area contributed by atoms with Crippen LogP contribution in [0.25, 0.3) is 5.69 Å². The zero-order valence-electron chi connectivity index (χ0n) is 15.3. The summed E-state index contributed by atoms with van der Waals surface area (Å²) in [6.07, 6.45) is 0. The van der Waals surface area contributed by atoms with E-state index in [1.807, 2.05) is 6.07 Å². The number of benzene rings is 1. The Morgan fingerprint density at radius 2 is 1.68 bits per heavy atom. The van der Waals surface area contributed by atoms with Crippen molar-refractivity contribution in [1.29, 1.82) is 0 Å². The topological polar surface area (TPSA) is 132 Å². The highest BCUT2D eigenvalue weighted by Gasteiger charge is 2.60. The summed E-state index contributed by atoms with van der Waals surface area (Å²) in [4.78, 5) is 53.0. The van der Waals surface area contributed by atoms with Gasteiger partial charge in [0.05, 0.1) is 11.3 Å². The summed E-state index contributed by atoms with van der Waals surface area (Å²) in [5.74, 6) is -0.858. The van der Waals surface area contributed by atoms with E-state index in [0.29, 0.717) is 11.4 Å². The Hall–Kier alpha value is -3.89. The number of hydrazone groups is 1. The van der Waals surface area contributed by atoms with Crippen LogP contribution < -0.4 is 16.3 Å². The number of aromatic amines is 1. The van der Waals surface area contributed by atoms with Crippen LogP contribution in [-0.2, 0) is 10.3 Å². The average Bonchev–Trinajstić information content (AvgIpc) is 2.99. The number of hydrogen-bond donors (Lipinski definition) is 3. The molecule has 2 aromatic rings. The molecular weight excluding hydrogens is 366 g/mol. The molecule has 5 amide bonds. The van der Waals surface area contributed by atoms with Gasteiger partial charge in [-0.3, -0.25) is 24.5 Å². The van der Waals surface area contributed by atoms with Gasteiger partial charge in [-0.1, -0.05) is 18.2 Å². The van der Waals surface area contributed by atoms with Crippen LogP contribution in [-0.4, -0.2) is 57.5 Å². The maximum Gasteiger partial charge on any atom is 0.336 e. The SMILES string of the molecule is Cc1[nH]n(-c2ccccc2)c(=O)c1C12NC(=O)NN=C1N(C)C(=O)N(C)C2=O. The molecule has 1 saturated heterocycles. The van der Waals surface area contributed by atoms with Crippen molar-refractivity contribution in [2.24, 2.45) is 5.10 Å². The quantitative estimate of drug-likeness (QED) is 0.664. The molecule has 28 heavy (non-hydrogen) atoms. The van der Waals surface area contributed by atoms with Gasteiger partial charge in [-0.15, -0.1) is 0 Å². The van der Waals surface area contributed by atoms with E-state index >= 15 is 0 Å². The summed E-state index contributed by atoms with van der Waals surface area (Å²) in [6.45, 7) is 1.61. The first-order valence-corrected chi connectivity index (χ1v) is 8.38. The number of imide groups is 1. The Labute approximate surface area is 158 Å². The second-order valence-corrected chi connectivity index (χ2v) is 6.55. The number of amidine groups is 1. The predicted molar refractivity (Wildman–Crippen MR) is 97.8 cm³/mol. The maximum atomic E-state index is 13.3. The predicted octanol–water partition coefficient (Wildman–Crippen LogP) is -0.181. The van der Waals surface area contributed by atoms with Gasteiger partial charge in [-0.25, -0.2) is 19.7 Å². The average molecular weight is 383 g/mol. The van der Waals surface area contributed by atoms with E-state index in [1.54, 1.807) is 31.2 Å². The van der Waals surface area contributed by atoms with Crippen molar-refractivity contribution in [3.05, 3.63) is 51.9 Å². The third kappa shape index (κ3) is 2.12. The van der Waals surface area contributed by atoms with E-state index < -0.39 is 29.1 Å². The summed E-state index contributed by atoms with van der Waals surface area (Å²) in [7, 11) is 2.70. The summed E-state index contributed by atoms with van der Waals surface area (Å²) in [5, 5.41) is 9.37. The van der Waals surface area contributed by atoms with Crippen LogP contribution in [0.2, 0.25) is 0 Å². The van der Waals surface area contributed by atoms with Gasteiger partial charge in [0.15, 0.2) is 5.84 Å². The van der Waals surface area contributed by atoms with E-state index in [2.05, 4.69) is 20.9 Å². The largest absolute Gasteiger partial charge is 0.336 e. The number of nitrogens with zero attached hydrogens (tertiary/aromatic N) is 4. The van der Waals surface area contributed by atoms with E-state index in [4.69, 9.17) is 0 Å². The maximum absolute atomic E-state index is 13.3. The number of urea groups is 2. The number of fused-ring (bicyclic) bond motifs is 1. The number of para-hydroxylation sites is 1. The summed E-state index contributed by atoms with van der Waals surface area (Å²) >= 11 is 0. The van der Waals surface area contributed by atoms with Gasteiger partial charge in [0.2, 0.25) is 5.54 Å². The molecule has 2 aliphatic rings. The van der Waals surface area contributed by atoms with Crippen molar-refractivity contribution in [3.8, 4) is 5.69 Å². The van der Waals surface area contributed by atoms with Crippen LogP contribution in [0.1, 0.15) is 11.3 Å². The molecular formula is C17H17N7O4. The van der Waals surface area contributed by atoms with Crippen molar-refractivity contribution in [2.45, 2.75) is 12.5 Å². The van der Waals surface area contributed by atoms with Crippen LogP contribution in [0.5, 0.6) is 0 Å². The molecule has 3 N–H and O–H groups in total. The van der Waals surface area contributed by atoms with E-state index in [0.717, 1.165) is 9.80 Å². The summed E-state index contributed by atoms with van der Waals surface area (Å²) < 4.78 is 1.27. The number of aryl methyl sites for hydroxylation is 1. The molecule has 0 radical (unpaired) electrons. The zero-order valence-corrected chi connectivity index (χ0v) is 15.3. The first-order valence-electron chi connectivity index (χ1n) is 8.38. The monoisotopic (exact) mass is 383 g/mol. The Kier molecular flexibility index (Phi) is 3.63. The Morgan fingerprint density at radius 3 is 2.36 bits per heavy atom. The highest BCUT2D eigenvalue weighted by molar-refractivity contribution is 6.25. The van der Waals surface area contributed by atoms with Crippen molar-refractivity contribution >= 4 is 23.8 Å². The van der Waals surface area contributed by atoms with Gasteiger partial charge in [0.1, 0.15) is 0 Å². The molecule has 4 rings (SSSR count). The molecule has 0 bridgehead atoms. The minimum Gasteiger partial charge on any atom is -0.312 e. The molecule has 0 aliphatic carbocycles. The second-order valence-electron chi connectivity index (χ2n) is 6.55. The van der Waals surface area contributed by atoms with Crippen molar-refractivity contribution in [2.75, 3.05) is 14.1 Å². The number of aromatic nitrogens is 2. The molecule has 2 aliphatic heterocycles. The lowest BCUT2D eigenvalue weighted by Gasteiger charge is -2.45. The number of likely N-dealkylation sites (N-methyl/N-ethyl adjacent to an activating group) is 2. The third-order valence-corrected chi connectivity index (χ3v) is 4.88. The van der Waals surface area contributed by atoms with Crippen molar-refractivity contribution < 1.29 is 14.4 Å². The standard InChI is InChI=1S/C17H17N7O4/c1-9-11(12(25)24(21-9)10-7-5-4-6-8-10)17-13(19-20-15(27)18-17)22(2)16(28)23(3)14(17)26/h4-8,21H,1-3H3,(H2,18,20,27). The number of amides is 5. The molecule has 144 valence electrons. The number of carbonyl (C=O) groups excluding carboxylic acids is 3. The van der Waals surface area contributed by atoms with Gasteiger partial charge >= 0.3 is 12.1 Å². The van der Waals surface area contributed by atoms with Crippen molar-refractivity contribution in [1.82, 2.24) is 30.3 Å². The number of rotatable bonds is 2. The fourth-order valence-corrected chi connectivity index (χ4v) is 3.60. The molecule has 1 unspecified atom stereocenters. The van der Waals surface area contributed by atoms with Gasteiger partial charge in [-0.2, -0.15) is 5.10 Å². The van der Waals surface area contributed by atoms with Crippen LogP contribution in [0, 0.1) is 6.92 Å². The van der Waals surface area contributed by atoms with Gasteiger partial charge < -0.3 is 5.32 Å². The fraction of sp³-hybridized carbons (Fsp3) is 0.235. The molecule has 0 spiro atoms. The summed E-state index contributed by atoms with van der Waals surface area (Å²) in [5.41, 5.74) is 0.618. The molecule has 3 heterocycles. The number of hydrogen-bond acceptors (Lipinski definition) is 5. The lowest BCUT2D eigenvalue weighted by molar-refractivity contribution is -0.133. The first-order chi connectivity index (χ1) is 13.3. The smallest absolute Gasteiger partial charge is 0.312 e. The van der Waals surface area contributed by atoms with Crippen LogP contribution >= 0.6 is 0 Å². The highest BCUT2D eigenvalue weighted by Crippen LogP contribution is 2.32. The first kappa shape index (κ1) is 17.5. The minimum atomic E-state index is -1.93. The fourth-order valence-electron chi connectivity index (χ4n) is 3.60. The Bertz CT molecular complexity index is 1100. The minimum absolute atomic E-state index is 0.0128. The molecule has 11 heteroatoms. The van der Waals surface area contributed by atoms with Crippen molar-refractivity contribution in [3.63, 3.8) is 0 Å². The van der Waals surface area contributed by atoms with Crippen LogP contribution in [0.3, 0.4) is 0 Å². The lowest BCUT2D eigenvalue weighted by atomic mass is 9.84. The highest BCUT2D eigenvalue weighted by atomic mass is 16.2. The number of H-pyrrole nitrogens is 1. The molecule has 1 atom stereocenters. The molecule has 11 nitrogen and oxygen atoms in total. The zero-order chi connectivity index (χ0) is 20.2. The van der Waals surface area contributed by atoms with E-state index in [9.17, 15) is 19.2 Å². The van der Waals surface area contributed by atoms with E-state index in [1.165, 1.54) is 18.8 Å². The Balaban J connectivity index is 2.02. The lowest BCUT2D eigenvalue weighted by Crippen LogP contribution is -2.75. The number of nitrogens with one attached hydrogen (secondary N) is 3. The van der Waals surface area contributed by atoms with Gasteiger partial charge in [-0.05, 0) is 19.1 Å². The molecule has 0 saturated carbocycles. The molecule has 1 fully saturated rings. The summed E-state index contributed by atoms with van der Waals surface area (Å²) in [6, 6.07) is 7.39.